The van der Waals surface area contributed by atoms with Crippen molar-refractivity contribution in [3.63, 3.8) is 0 Å². The van der Waals surface area contributed by atoms with Crippen LogP contribution in [0, 0.1) is 17.8 Å². The van der Waals surface area contributed by atoms with Crippen LogP contribution in [-0.2, 0) is 4.79 Å². The highest BCUT2D eigenvalue weighted by Gasteiger charge is 2.34. The van der Waals surface area contributed by atoms with Gasteiger partial charge in [0, 0.05) is 19.5 Å². The number of amides is 1. The summed E-state index contributed by atoms with van der Waals surface area (Å²) in [6.45, 7) is 4.32. The smallest absolute Gasteiger partial charge is 0.222 e. The number of likely N-dealkylation sites (tertiary alicyclic amines) is 1. The van der Waals surface area contributed by atoms with Crippen LogP contribution in [0.15, 0.2) is 0 Å². The number of nitrogens with one attached hydrogen (secondary N) is 1. The molecule has 3 nitrogen and oxygen atoms in total. The van der Waals surface area contributed by atoms with Crippen LogP contribution in [0.2, 0.25) is 0 Å². The molecule has 1 amide bonds. The lowest BCUT2D eigenvalue weighted by Crippen LogP contribution is -2.43. The van der Waals surface area contributed by atoms with E-state index in [9.17, 15) is 4.79 Å². The Balaban J connectivity index is 0.00000133. The van der Waals surface area contributed by atoms with E-state index in [1.54, 1.807) is 0 Å². The fraction of sp³-hybridized carbons (Fsp3) is 0.933. The second kappa shape index (κ2) is 6.94. The van der Waals surface area contributed by atoms with Crippen molar-refractivity contribution in [2.45, 2.75) is 44.9 Å². The molecule has 0 bridgehead atoms. The minimum atomic E-state index is 0. The van der Waals surface area contributed by atoms with Gasteiger partial charge in [-0.25, -0.2) is 0 Å². The van der Waals surface area contributed by atoms with Crippen molar-refractivity contribution < 1.29 is 4.79 Å². The second-order valence-electron chi connectivity index (χ2n) is 6.50. The monoisotopic (exact) mass is 286 g/mol. The lowest BCUT2D eigenvalue weighted by Gasteiger charge is -2.34. The summed E-state index contributed by atoms with van der Waals surface area (Å²) in [4.78, 5) is 14.4. The normalized spacial score (nSPS) is 31.1. The Morgan fingerprint density at radius 3 is 2.63 bits per heavy atom. The Morgan fingerprint density at radius 2 is 1.84 bits per heavy atom. The van der Waals surface area contributed by atoms with E-state index in [0.29, 0.717) is 5.91 Å². The molecular weight excluding hydrogens is 260 g/mol. The van der Waals surface area contributed by atoms with Crippen LogP contribution >= 0.6 is 12.4 Å². The van der Waals surface area contributed by atoms with Crippen molar-refractivity contribution in [1.82, 2.24) is 10.2 Å². The van der Waals surface area contributed by atoms with Gasteiger partial charge >= 0.3 is 0 Å². The third-order valence-corrected chi connectivity index (χ3v) is 5.30. The van der Waals surface area contributed by atoms with Gasteiger partial charge in [0.05, 0.1) is 0 Å². The van der Waals surface area contributed by atoms with Crippen molar-refractivity contribution >= 4 is 18.3 Å². The largest absolute Gasteiger partial charge is 0.342 e. The molecule has 0 aromatic carbocycles. The third-order valence-electron chi connectivity index (χ3n) is 5.30. The zero-order valence-corrected chi connectivity index (χ0v) is 12.6. The first-order chi connectivity index (χ1) is 8.83. The summed E-state index contributed by atoms with van der Waals surface area (Å²) in [5.41, 5.74) is 0. The molecule has 0 spiro atoms. The van der Waals surface area contributed by atoms with Crippen LogP contribution in [0.1, 0.15) is 44.9 Å². The molecule has 1 N–H and O–H groups in total. The number of hydrogen-bond acceptors (Lipinski definition) is 2. The van der Waals surface area contributed by atoms with Gasteiger partial charge in [-0.2, -0.15) is 0 Å². The molecule has 2 heterocycles. The summed E-state index contributed by atoms with van der Waals surface area (Å²) < 4.78 is 0. The van der Waals surface area contributed by atoms with Crippen LogP contribution in [0.4, 0.5) is 0 Å². The van der Waals surface area contributed by atoms with E-state index in [1.165, 1.54) is 38.6 Å². The first-order valence-corrected chi connectivity index (χ1v) is 7.81. The Morgan fingerprint density at radius 1 is 1.11 bits per heavy atom. The molecule has 0 aromatic rings. The molecule has 3 aliphatic rings. The fourth-order valence-electron chi connectivity index (χ4n) is 4.05. The van der Waals surface area contributed by atoms with Crippen molar-refractivity contribution in [3.05, 3.63) is 0 Å². The molecule has 0 radical (unpaired) electrons. The molecular formula is C15H27ClN2O. The van der Waals surface area contributed by atoms with E-state index >= 15 is 0 Å². The minimum Gasteiger partial charge on any atom is -0.342 e. The summed E-state index contributed by atoms with van der Waals surface area (Å²) in [5.74, 6) is 2.84. The van der Waals surface area contributed by atoms with Crippen molar-refractivity contribution in [2.24, 2.45) is 17.8 Å². The van der Waals surface area contributed by atoms with Gasteiger partial charge in [0.25, 0.3) is 0 Å². The van der Waals surface area contributed by atoms with Crippen LogP contribution in [-0.4, -0.2) is 37.0 Å². The first kappa shape index (κ1) is 15.1. The molecule has 2 aliphatic heterocycles. The zero-order valence-electron chi connectivity index (χ0n) is 11.8. The maximum absolute atomic E-state index is 12.2. The van der Waals surface area contributed by atoms with E-state index in [2.05, 4.69) is 10.2 Å². The second-order valence-corrected chi connectivity index (χ2v) is 6.50. The first-order valence-electron chi connectivity index (χ1n) is 7.81. The quantitative estimate of drug-likeness (QED) is 0.864. The predicted octanol–water partition coefficient (Wildman–Crippen LogP) is 2.45. The molecule has 1 saturated carbocycles. The summed E-state index contributed by atoms with van der Waals surface area (Å²) in [6.07, 6.45) is 8.66. The molecule has 19 heavy (non-hydrogen) atoms. The number of fused-ring (bicyclic) bond motifs is 1. The number of piperidine rings is 1. The highest BCUT2D eigenvalue weighted by molar-refractivity contribution is 5.85. The van der Waals surface area contributed by atoms with Crippen molar-refractivity contribution in [3.8, 4) is 0 Å². The van der Waals surface area contributed by atoms with Gasteiger partial charge in [-0.15, -0.1) is 12.4 Å². The topological polar surface area (TPSA) is 32.3 Å². The highest BCUT2D eigenvalue weighted by Crippen LogP contribution is 2.30. The fourth-order valence-corrected chi connectivity index (χ4v) is 4.05. The molecule has 3 fully saturated rings. The summed E-state index contributed by atoms with van der Waals surface area (Å²) in [7, 11) is 0. The van der Waals surface area contributed by atoms with E-state index < -0.39 is 0 Å². The standard InChI is InChI=1S/C15H26N2O.ClH/c18-15(6-5-12-3-1-2-4-12)17-8-7-13-9-16-10-14(13)11-17;/h12-14,16H,1-11H2;1H. The molecule has 1 aliphatic carbocycles. The van der Waals surface area contributed by atoms with E-state index in [-0.39, 0.29) is 12.4 Å². The van der Waals surface area contributed by atoms with Crippen molar-refractivity contribution in [1.29, 1.82) is 0 Å². The van der Waals surface area contributed by atoms with E-state index in [1.807, 2.05) is 0 Å². The molecule has 2 atom stereocenters. The molecule has 3 rings (SSSR count). The average molecular weight is 287 g/mol. The van der Waals surface area contributed by atoms with E-state index in [4.69, 9.17) is 0 Å². The number of rotatable bonds is 3. The maximum Gasteiger partial charge on any atom is 0.222 e. The molecule has 4 heteroatoms. The number of halogens is 1. The van der Waals surface area contributed by atoms with Gasteiger partial charge in [0.15, 0.2) is 0 Å². The van der Waals surface area contributed by atoms with Gasteiger partial charge in [0.2, 0.25) is 5.91 Å². The van der Waals surface area contributed by atoms with Crippen molar-refractivity contribution in [2.75, 3.05) is 26.2 Å². The molecule has 2 saturated heterocycles. The number of carbonyl (C=O) groups excluding carboxylic acids is 1. The van der Waals surface area contributed by atoms with Gasteiger partial charge < -0.3 is 10.2 Å². The number of nitrogens with zero attached hydrogens (tertiary/aromatic N) is 1. The minimum absolute atomic E-state index is 0. The molecule has 0 aromatic heterocycles. The van der Waals surface area contributed by atoms with Gasteiger partial charge in [-0.3, -0.25) is 4.79 Å². The van der Waals surface area contributed by atoms with E-state index in [0.717, 1.165) is 50.2 Å². The Kier molecular flexibility index (Phi) is 5.52. The summed E-state index contributed by atoms with van der Waals surface area (Å²) in [6, 6.07) is 0. The average Bonchev–Trinajstić information content (AvgIpc) is 3.05. The Bertz CT molecular complexity index is 305. The maximum atomic E-state index is 12.2. The van der Waals surface area contributed by atoms with Gasteiger partial charge in [0.1, 0.15) is 0 Å². The Hall–Kier alpha value is -0.280. The van der Waals surface area contributed by atoms with Gasteiger partial charge in [-0.1, -0.05) is 25.7 Å². The Labute approximate surface area is 122 Å². The number of hydrogen-bond donors (Lipinski definition) is 1. The van der Waals surface area contributed by atoms with Crippen LogP contribution in [0.25, 0.3) is 0 Å². The third kappa shape index (κ3) is 3.63. The predicted molar refractivity (Wildman–Crippen MR) is 79.5 cm³/mol. The van der Waals surface area contributed by atoms with Crippen LogP contribution < -0.4 is 5.32 Å². The summed E-state index contributed by atoms with van der Waals surface area (Å²) >= 11 is 0. The lowest BCUT2D eigenvalue weighted by molar-refractivity contribution is -0.133. The lowest BCUT2D eigenvalue weighted by atomic mass is 9.88. The summed E-state index contributed by atoms with van der Waals surface area (Å²) in [5, 5.41) is 3.46. The number of carbonyl (C=O) groups is 1. The zero-order chi connectivity index (χ0) is 12.4. The molecule has 110 valence electrons. The van der Waals surface area contributed by atoms with Crippen LogP contribution in [0.5, 0.6) is 0 Å². The van der Waals surface area contributed by atoms with Crippen LogP contribution in [0.3, 0.4) is 0 Å². The van der Waals surface area contributed by atoms with Gasteiger partial charge in [-0.05, 0) is 43.7 Å². The highest BCUT2D eigenvalue weighted by atomic mass is 35.5. The molecule has 2 unspecified atom stereocenters. The SMILES string of the molecule is Cl.O=C(CCC1CCCC1)N1CCC2CNCC2C1.